The Bertz CT molecular complexity index is 503. The topological polar surface area (TPSA) is 69.4 Å². The summed E-state index contributed by atoms with van der Waals surface area (Å²) in [5.41, 5.74) is 1.96. The minimum Gasteiger partial charge on any atom is -0.462 e. The highest BCUT2D eigenvalue weighted by molar-refractivity contribution is 5.81. The predicted molar refractivity (Wildman–Crippen MR) is 72.5 cm³/mol. The third-order valence-corrected chi connectivity index (χ3v) is 2.42. The fourth-order valence-electron chi connectivity index (χ4n) is 1.42. The van der Waals surface area contributed by atoms with E-state index in [1.807, 2.05) is 13.0 Å². The summed E-state index contributed by atoms with van der Waals surface area (Å²) in [5.74, 6) is -0.442. The first-order chi connectivity index (χ1) is 9.02. The van der Waals surface area contributed by atoms with E-state index in [0.717, 1.165) is 17.2 Å². The van der Waals surface area contributed by atoms with Gasteiger partial charge >= 0.3 is 5.97 Å². The number of hydrogen-bond donors (Lipinski definition) is 0. The van der Waals surface area contributed by atoms with Crippen LogP contribution in [0.3, 0.4) is 0 Å². The van der Waals surface area contributed by atoms with E-state index in [-0.39, 0.29) is 5.69 Å². The lowest BCUT2D eigenvalue weighted by Crippen LogP contribution is -2.01. The van der Waals surface area contributed by atoms with E-state index in [4.69, 9.17) is 4.74 Å². The quantitative estimate of drug-likeness (QED) is 0.341. The normalized spacial score (nSPS) is 10.9. The van der Waals surface area contributed by atoms with Crippen molar-refractivity contribution in [1.82, 2.24) is 0 Å². The lowest BCUT2D eigenvalue weighted by molar-refractivity contribution is -0.384. The number of carbonyl (C=O) groups is 1. The van der Waals surface area contributed by atoms with Gasteiger partial charge in [0.15, 0.2) is 0 Å². The molecule has 5 heteroatoms. The van der Waals surface area contributed by atoms with Gasteiger partial charge in [-0.3, -0.25) is 10.1 Å². The van der Waals surface area contributed by atoms with Crippen LogP contribution in [0, 0.1) is 10.1 Å². The Labute approximate surface area is 111 Å². The molecular formula is C14H15NO4. The number of nitrogens with zero attached hydrogens (tertiary/aromatic N) is 1. The van der Waals surface area contributed by atoms with Gasteiger partial charge in [-0.2, -0.15) is 0 Å². The molecule has 0 fully saturated rings. The molecule has 0 aliphatic heterocycles. The Morgan fingerprint density at radius 3 is 2.58 bits per heavy atom. The maximum atomic E-state index is 10.8. The van der Waals surface area contributed by atoms with Gasteiger partial charge in [0, 0.05) is 24.6 Å². The first-order valence-electron chi connectivity index (χ1n) is 5.73. The minimum absolute atomic E-state index is 0.0646. The summed E-state index contributed by atoms with van der Waals surface area (Å²) in [6, 6.07) is 6.27. The van der Waals surface area contributed by atoms with Gasteiger partial charge in [0.2, 0.25) is 0 Å². The van der Waals surface area contributed by atoms with Gasteiger partial charge in [-0.15, -0.1) is 0 Å². The predicted octanol–water partition coefficient (Wildman–Crippen LogP) is 3.12. The van der Waals surface area contributed by atoms with Crippen molar-refractivity contribution in [2.45, 2.75) is 13.3 Å². The van der Waals surface area contributed by atoms with Gasteiger partial charge in [-0.25, -0.2) is 4.79 Å². The molecule has 0 bridgehead atoms. The molecule has 1 aromatic carbocycles. The second kappa shape index (κ2) is 7.10. The number of rotatable bonds is 6. The number of non-ortho nitro benzene ring substituents is 1. The number of ether oxygens (including phenoxy) is 1. The van der Waals surface area contributed by atoms with Crippen LogP contribution in [-0.2, 0) is 9.53 Å². The lowest BCUT2D eigenvalue weighted by atomic mass is 10.1. The lowest BCUT2D eigenvalue weighted by Gasteiger charge is -2.02. The van der Waals surface area contributed by atoms with Crippen molar-refractivity contribution < 1.29 is 14.5 Å². The van der Waals surface area contributed by atoms with E-state index in [1.165, 1.54) is 12.1 Å². The molecule has 0 aliphatic carbocycles. The fraction of sp³-hybridized carbons (Fsp3) is 0.214. The molecule has 0 heterocycles. The maximum Gasteiger partial charge on any atom is 0.330 e. The Hall–Kier alpha value is -2.43. The maximum absolute atomic E-state index is 10.8. The van der Waals surface area contributed by atoms with Crippen LogP contribution in [0.1, 0.15) is 18.9 Å². The van der Waals surface area contributed by atoms with Gasteiger partial charge in [0.25, 0.3) is 5.69 Å². The average molecular weight is 261 g/mol. The summed E-state index contributed by atoms with van der Waals surface area (Å²) >= 11 is 0. The van der Waals surface area contributed by atoms with Crippen molar-refractivity contribution in [3.63, 3.8) is 0 Å². The van der Waals surface area contributed by atoms with E-state index in [9.17, 15) is 14.9 Å². The zero-order valence-electron chi connectivity index (χ0n) is 10.7. The molecule has 0 saturated heterocycles. The Balaban J connectivity index is 2.56. The van der Waals surface area contributed by atoms with Crippen LogP contribution in [0.4, 0.5) is 5.69 Å². The Kier molecular flexibility index (Phi) is 5.47. The number of nitro benzene ring substituents is 1. The summed E-state index contributed by atoms with van der Waals surface area (Å²) in [6.07, 6.45) is 3.62. The summed E-state index contributed by atoms with van der Waals surface area (Å²) in [6.45, 7) is 5.50. The Morgan fingerprint density at radius 2 is 2.05 bits per heavy atom. The molecule has 1 rings (SSSR count). The van der Waals surface area contributed by atoms with Crippen molar-refractivity contribution in [3.05, 3.63) is 58.2 Å². The van der Waals surface area contributed by atoms with Crippen LogP contribution in [0.25, 0.3) is 6.08 Å². The van der Waals surface area contributed by atoms with Gasteiger partial charge in [-0.1, -0.05) is 18.2 Å². The zero-order valence-corrected chi connectivity index (χ0v) is 10.7. The molecule has 19 heavy (non-hydrogen) atoms. The fourth-order valence-corrected chi connectivity index (χ4v) is 1.42. The molecule has 0 unspecified atom stereocenters. The third kappa shape index (κ3) is 5.16. The highest BCUT2D eigenvalue weighted by atomic mass is 16.6. The molecule has 1 aromatic rings. The summed E-state index contributed by atoms with van der Waals surface area (Å²) < 4.78 is 4.86. The largest absolute Gasteiger partial charge is 0.462 e. The first-order valence-corrected chi connectivity index (χ1v) is 5.73. The van der Waals surface area contributed by atoms with Crippen LogP contribution < -0.4 is 0 Å². The van der Waals surface area contributed by atoms with E-state index < -0.39 is 10.9 Å². The van der Waals surface area contributed by atoms with Crippen molar-refractivity contribution in [3.8, 4) is 0 Å². The van der Waals surface area contributed by atoms with Crippen molar-refractivity contribution in [1.29, 1.82) is 0 Å². The minimum atomic E-state index is -0.442. The summed E-state index contributed by atoms with van der Waals surface area (Å²) in [7, 11) is 0. The van der Waals surface area contributed by atoms with Crippen LogP contribution in [0.5, 0.6) is 0 Å². The molecule has 0 aliphatic rings. The van der Waals surface area contributed by atoms with Crippen LogP contribution in [0.2, 0.25) is 0 Å². The van der Waals surface area contributed by atoms with E-state index in [2.05, 4.69) is 6.58 Å². The van der Waals surface area contributed by atoms with Crippen LogP contribution >= 0.6 is 0 Å². The van der Waals surface area contributed by atoms with Gasteiger partial charge in [0.05, 0.1) is 11.5 Å². The number of hydrogen-bond acceptors (Lipinski definition) is 4. The molecule has 100 valence electrons. The molecule has 0 atom stereocenters. The van der Waals surface area contributed by atoms with Gasteiger partial charge in [-0.05, 0) is 24.6 Å². The van der Waals surface area contributed by atoms with E-state index >= 15 is 0 Å². The van der Waals surface area contributed by atoms with Crippen LogP contribution in [-0.4, -0.2) is 17.5 Å². The Morgan fingerprint density at radius 1 is 1.42 bits per heavy atom. The standard InChI is InChI=1S/C14H15NO4/c1-3-14(16)19-9-8-11(2)10-12-4-6-13(7-5-12)15(17)18/h3-7,10H,1,8-9H2,2H3/b11-10+. The van der Waals surface area contributed by atoms with Crippen molar-refractivity contribution in [2.24, 2.45) is 0 Å². The number of benzene rings is 1. The SMILES string of the molecule is C=CC(=O)OCC/C(C)=C/c1ccc([N+](=O)[O-])cc1. The zero-order chi connectivity index (χ0) is 14.3. The average Bonchev–Trinajstić information content (AvgIpc) is 2.39. The van der Waals surface area contributed by atoms with E-state index in [0.29, 0.717) is 13.0 Å². The third-order valence-electron chi connectivity index (χ3n) is 2.42. The second-order valence-corrected chi connectivity index (χ2v) is 3.96. The van der Waals surface area contributed by atoms with Gasteiger partial charge in [0.1, 0.15) is 0 Å². The monoisotopic (exact) mass is 261 g/mol. The van der Waals surface area contributed by atoms with Gasteiger partial charge < -0.3 is 4.74 Å². The molecule has 0 amide bonds. The molecule has 0 aromatic heterocycles. The smallest absolute Gasteiger partial charge is 0.330 e. The number of nitro groups is 1. The molecule has 0 N–H and O–H groups in total. The molecule has 0 saturated carbocycles. The van der Waals surface area contributed by atoms with Crippen molar-refractivity contribution in [2.75, 3.05) is 6.61 Å². The second-order valence-electron chi connectivity index (χ2n) is 3.96. The molecule has 0 spiro atoms. The summed E-state index contributed by atoms with van der Waals surface area (Å²) in [4.78, 5) is 20.9. The first kappa shape index (κ1) is 14.6. The number of esters is 1. The van der Waals surface area contributed by atoms with Crippen LogP contribution in [0.15, 0.2) is 42.5 Å². The summed E-state index contributed by atoms with van der Waals surface area (Å²) in [5, 5.41) is 10.5. The van der Waals surface area contributed by atoms with E-state index in [1.54, 1.807) is 12.1 Å². The molecular weight excluding hydrogens is 246 g/mol. The number of carbonyl (C=O) groups excluding carboxylic acids is 1. The molecule has 0 radical (unpaired) electrons. The van der Waals surface area contributed by atoms with Crippen molar-refractivity contribution >= 4 is 17.7 Å². The highest BCUT2D eigenvalue weighted by Gasteiger charge is 2.03. The molecule has 5 nitrogen and oxygen atoms in total. The highest BCUT2D eigenvalue weighted by Crippen LogP contribution is 2.15.